The Bertz CT molecular complexity index is 764. The lowest BCUT2D eigenvalue weighted by Crippen LogP contribution is -2.39. The largest absolute Gasteiger partial charge is 0.346 e. The molecule has 0 unspecified atom stereocenters. The van der Waals surface area contributed by atoms with Gasteiger partial charge in [-0.3, -0.25) is 14.5 Å². The van der Waals surface area contributed by atoms with Gasteiger partial charge in [-0.1, -0.05) is 48.9 Å². The van der Waals surface area contributed by atoms with E-state index in [1.165, 1.54) is 0 Å². The van der Waals surface area contributed by atoms with Gasteiger partial charge in [-0.05, 0) is 42.8 Å². The van der Waals surface area contributed by atoms with Crippen molar-refractivity contribution in [2.24, 2.45) is 0 Å². The molecule has 0 atom stereocenters. The van der Waals surface area contributed by atoms with Crippen molar-refractivity contribution in [3.8, 4) is 0 Å². The number of hydrogen-bond acceptors (Lipinski definition) is 3. The highest BCUT2D eigenvalue weighted by molar-refractivity contribution is 6.30. The minimum atomic E-state index is -0.239. The summed E-state index contributed by atoms with van der Waals surface area (Å²) in [6.45, 7) is 2.78. The summed E-state index contributed by atoms with van der Waals surface area (Å²) in [5.74, 6) is -0.440. The monoisotopic (exact) mass is 373 g/mol. The van der Waals surface area contributed by atoms with E-state index < -0.39 is 0 Å². The number of amides is 2. The molecule has 0 aliphatic carbocycles. The Morgan fingerprint density at radius 2 is 1.85 bits per heavy atom. The number of likely N-dealkylation sites (N-methyl/N-ethyl adjacent to an activating group) is 1. The molecular formula is C20H24ClN3O2. The number of nitrogens with one attached hydrogen (secondary N) is 2. The van der Waals surface area contributed by atoms with Crippen molar-refractivity contribution in [1.29, 1.82) is 0 Å². The second kappa shape index (κ2) is 9.94. The van der Waals surface area contributed by atoms with Crippen LogP contribution in [0.2, 0.25) is 5.02 Å². The molecule has 0 aliphatic heterocycles. The molecule has 2 rings (SSSR count). The molecule has 0 saturated heterocycles. The molecule has 0 spiro atoms. The smallest absolute Gasteiger partial charge is 0.243 e. The SMILES string of the molecule is CCc1ccccc1NC(=O)CNC(=O)CN(C)Cc1cccc(Cl)c1. The molecule has 138 valence electrons. The van der Waals surface area contributed by atoms with Crippen LogP contribution in [0.3, 0.4) is 0 Å². The Balaban J connectivity index is 1.76. The number of carbonyl (C=O) groups is 2. The van der Waals surface area contributed by atoms with Gasteiger partial charge in [0.05, 0.1) is 13.1 Å². The van der Waals surface area contributed by atoms with E-state index in [4.69, 9.17) is 11.6 Å². The van der Waals surface area contributed by atoms with E-state index in [1.807, 2.05) is 67.4 Å². The van der Waals surface area contributed by atoms with Crippen LogP contribution in [0.1, 0.15) is 18.1 Å². The zero-order valence-corrected chi connectivity index (χ0v) is 15.8. The van der Waals surface area contributed by atoms with E-state index in [2.05, 4.69) is 10.6 Å². The summed E-state index contributed by atoms with van der Waals surface area (Å²) >= 11 is 5.96. The predicted molar refractivity (Wildman–Crippen MR) is 105 cm³/mol. The molecule has 2 aromatic carbocycles. The van der Waals surface area contributed by atoms with Crippen LogP contribution in [0.15, 0.2) is 48.5 Å². The van der Waals surface area contributed by atoms with Crippen molar-refractivity contribution < 1.29 is 9.59 Å². The van der Waals surface area contributed by atoms with Crippen molar-refractivity contribution in [2.45, 2.75) is 19.9 Å². The fraction of sp³-hybridized carbons (Fsp3) is 0.300. The number of benzene rings is 2. The second-order valence-electron chi connectivity index (χ2n) is 6.14. The van der Waals surface area contributed by atoms with Gasteiger partial charge in [0.1, 0.15) is 0 Å². The number of anilines is 1. The summed E-state index contributed by atoms with van der Waals surface area (Å²) in [7, 11) is 1.85. The number of nitrogens with zero attached hydrogens (tertiary/aromatic N) is 1. The van der Waals surface area contributed by atoms with Gasteiger partial charge in [0, 0.05) is 17.3 Å². The third kappa shape index (κ3) is 6.50. The molecule has 0 aliphatic rings. The predicted octanol–water partition coefficient (Wildman–Crippen LogP) is 3.09. The molecule has 0 saturated carbocycles. The summed E-state index contributed by atoms with van der Waals surface area (Å²) < 4.78 is 0. The van der Waals surface area contributed by atoms with Crippen LogP contribution in [0, 0.1) is 0 Å². The third-order valence-corrected chi connectivity index (χ3v) is 4.11. The van der Waals surface area contributed by atoms with Crippen LogP contribution in [0.4, 0.5) is 5.69 Å². The van der Waals surface area contributed by atoms with E-state index in [-0.39, 0.29) is 24.9 Å². The maximum absolute atomic E-state index is 12.0. The lowest BCUT2D eigenvalue weighted by atomic mass is 10.1. The van der Waals surface area contributed by atoms with Gasteiger partial charge in [-0.25, -0.2) is 0 Å². The van der Waals surface area contributed by atoms with Crippen LogP contribution >= 0.6 is 11.6 Å². The standard InChI is InChI=1S/C20H24ClN3O2/c1-3-16-8-4-5-10-18(16)23-19(25)12-22-20(26)14-24(2)13-15-7-6-9-17(21)11-15/h4-11H,3,12-14H2,1-2H3,(H,22,26)(H,23,25). The first-order chi connectivity index (χ1) is 12.5. The van der Waals surface area contributed by atoms with E-state index in [1.54, 1.807) is 0 Å². The highest BCUT2D eigenvalue weighted by atomic mass is 35.5. The second-order valence-corrected chi connectivity index (χ2v) is 6.57. The van der Waals surface area contributed by atoms with Crippen LogP contribution in [0.25, 0.3) is 0 Å². The Kier molecular flexibility index (Phi) is 7.63. The van der Waals surface area contributed by atoms with Crippen molar-refractivity contribution >= 4 is 29.1 Å². The Hall–Kier alpha value is -2.37. The highest BCUT2D eigenvalue weighted by Gasteiger charge is 2.10. The molecule has 26 heavy (non-hydrogen) atoms. The first kappa shape index (κ1) is 19.9. The Morgan fingerprint density at radius 3 is 2.58 bits per heavy atom. The normalized spacial score (nSPS) is 10.6. The molecule has 2 aromatic rings. The van der Waals surface area contributed by atoms with E-state index in [0.29, 0.717) is 11.6 Å². The molecule has 5 nitrogen and oxygen atoms in total. The van der Waals surface area contributed by atoms with Gasteiger partial charge in [0.2, 0.25) is 11.8 Å². The number of aryl methyl sites for hydroxylation is 1. The van der Waals surface area contributed by atoms with Crippen molar-refractivity contribution in [1.82, 2.24) is 10.2 Å². The number of para-hydroxylation sites is 1. The lowest BCUT2D eigenvalue weighted by Gasteiger charge is -2.16. The summed E-state index contributed by atoms with van der Waals surface area (Å²) in [5.41, 5.74) is 2.88. The molecule has 6 heteroatoms. The fourth-order valence-electron chi connectivity index (χ4n) is 2.63. The summed E-state index contributed by atoms with van der Waals surface area (Å²) in [4.78, 5) is 25.9. The first-order valence-electron chi connectivity index (χ1n) is 8.55. The number of rotatable bonds is 8. The highest BCUT2D eigenvalue weighted by Crippen LogP contribution is 2.15. The molecule has 2 amide bonds. The van der Waals surface area contributed by atoms with Crippen molar-refractivity contribution in [3.63, 3.8) is 0 Å². The lowest BCUT2D eigenvalue weighted by molar-refractivity contribution is -0.124. The van der Waals surface area contributed by atoms with Gasteiger partial charge >= 0.3 is 0 Å². The molecule has 0 radical (unpaired) electrons. The van der Waals surface area contributed by atoms with Gasteiger partial charge in [-0.15, -0.1) is 0 Å². The van der Waals surface area contributed by atoms with Gasteiger partial charge < -0.3 is 10.6 Å². The van der Waals surface area contributed by atoms with Crippen LogP contribution in [-0.2, 0) is 22.6 Å². The van der Waals surface area contributed by atoms with Crippen molar-refractivity contribution in [3.05, 3.63) is 64.7 Å². The summed E-state index contributed by atoms with van der Waals surface area (Å²) in [5, 5.41) is 6.15. The average Bonchev–Trinajstić information content (AvgIpc) is 2.60. The maximum Gasteiger partial charge on any atom is 0.243 e. The van der Waals surface area contributed by atoms with Crippen molar-refractivity contribution in [2.75, 3.05) is 25.5 Å². The molecule has 2 N–H and O–H groups in total. The minimum absolute atomic E-state index is 0.0537. The summed E-state index contributed by atoms with van der Waals surface area (Å²) in [6, 6.07) is 15.2. The van der Waals surface area contributed by atoms with E-state index >= 15 is 0 Å². The first-order valence-corrected chi connectivity index (χ1v) is 8.93. The minimum Gasteiger partial charge on any atom is -0.346 e. The third-order valence-electron chi connectivity index (χ3n) is 3.87. The molecular weight excluding hydrogens is 350 g/mol. The Morgan fingerprint density at radius 1 is 1.08 bits per heavy atom. The average molecular weight is 374 g/mol. The van der Waals surface area contributed by atoms with Gasteiger partial charge in [0.25, 0.3) is 0 Å². The topological polar surface area (TPSA) is 61.4 Å². The molecule has 0 bridgehead atoms. The fourth-order valence-corrected chi connectivity index (χ4v) is 2.84. The van der Waals surface area contributed by atoms with Gasteiger partial charge in [-0.2, -0.15) is 0 Å². The summed E-state index contributed by atoms with van der Waals surface area (Å²) in [6.07, 6.45) is 0.830. The number of halogens is 1. The zero-order valence-electron chi connectivity index (χ0n) is 15.1. The maximum atomic E-state index is 12.0. The Labute approximate surface area is 159 Å². The molecule has 0 aromatic heterocycles. The van der Waals surface area contributed by atoms with E-state index in [0.717, 1.165) is 23.2 Å². The number of hydrogen-bond donors (Lipinski definition) is 2. The van der Waals surface area contributed by atoms with Crippen LogP contribution < -0.4 is 10.6 Å². The number of carbonyl (C=O) groups excluding carboxylic acids is 2. The molecule has 0 heterocycles. The van der Waals surface area contributed by atoms with Crippen LogP contribution in [0.5, 0.6) is 0 Å². The van der Waals surface area contributed by atoms with Gasteiger partial charge in [0.15, 0.2) is 0 Å². The quantitative estimate of drug-likeness (QED) is 0.747. The zero-order chi connectivity index (χ0) is 18.9. The van der Waals surface area contributed by atoms with E-state index in [9.17, 15) is 9.59 Å². The van der Waals surface area contributed by atoms with Crippen LogP contribution in [-0.4, -0.2) is 36.9 Å². The molecule has 0 fully saturated rings.